The average molecular weight is 408 g/mol. The Labute approximate surface area is 172 Å². The zero-order valence-electron chi connectivity index (χ0n) is 15.3. The minimum absolute atomic E-state index is 0.124. The van der Waals surface area contributed by atoms with Gasteiger partial charge in [0.1, 0.15) is 0 Å². The lowest BCUT2D eigenvalue weighted by Gasteiger charge is -2.22. The minimum atomic E-state index is 0.124. The molecule has 0 bridgehead atoms. The van der Waals surface area contributed by atoms with Crippen molar-refractivity contribution in [2.24, 2.45) is 0 Å². The lowest BCUT2D eigenvalue weighted by molar-refractivity contribution is -0.118. The van der Waals surface area contributed by atoms with E-state index in [9.17, 15) is 4.79 Å². The number of aromatic nitrogens is 2. The summed E-state index contributed by atoms with van der Waals surface area (Å²) in [5.74, 6) is 0.124. The zero-order valence-corrected chi connectivity index (χ0v) is 16.9. The Morgan fingerprint density at radius 2 is 2.00 bits per heavy atom. The molecule has 0 saturated heterocycles. The lowest BCUT2D eigenvalue weighted by Crippen LogP contribution is -2.37. The summed E-state index contributed by atoms with van der Waals surface area (Å²) in [6.07, 6.45) is 3.26. The summed E-state index contributed by atoms with van der Waals surface area (Å²) in [5.41, 5.74) is 5.15. The van der Waals surface area contributed by atoms with Gasteiger partial charge in [0.05, 0.1) is 12.1 Å². The second-order valence-electron chi connectivity index (χ2n) is 7.14. The van der Waals surface area contributed by atoms with Crippen molar-refractivity contribution < 1.29 is 4.79 Å². The van der Waals surface area contributed by atoms with Gasteiger partial charge in [-0.05, 0) is 37.1 Å². The third kappa shape index (κ3) is 2.91. The van der Waals surface area contributed by atoms with Gasteiger partial charge in [-0.3, -0.25) is 9.20 Å². The number of hydrogen-bond acceptors (Lipinski definition) is 3. The number of benzene rings is 2. The molecule has 0 radical (unpaired) electrons. The molecule has 1 amide bonds. The molecule has 1 aliphatic rings. The Balaban J connectivity index is 1.44. The third-order valence-electron chi connectivity index (χ3n) is 5.23. The van der Waals surface area contributed by atoms with Crippen LogP contribution in [-0.2, 0) is 17.6 Å². The number of carbonyl (C=O) groups excluding carboxylic acids is 1. The van der Waals surface area contributed by atoms with Crippen LogP contribution in [0.4, 0.5) is 5.69 Å². The Hall–Kier alpha value is -2.63. The fourth-order valence-electron chi connectivity index (χ4n) is 3.90. The topological polar surface area (TPSA) is 37.6 Å². The molecule has 5 rings (SSSR count). The van der Waals surface area contributed by atoms with Crippen molar-refractivity contribution >= 4 is 39.5 Å². The Morgan fingerprint density at radius 3 is 2.82 bits per heavy atom. The molecule has 0 spiro atoms. The van der Waals surface area contributed by atoms with Crippen molar-refractivity contribution in [2.75, 3.05) is 4.90 Å². The highest BCUT2D eigenvalue weighted by atomic mass is 35.5. The van der Waals surface area contributed by atoms with Gasteiger partial charge >= 0.3 is 0 Å². The molecule has 0 aliphatic carbocycles. The largest absolute Gasteiger partial charge is 0.309 e. The highest BCUT2D eigenvalue weighted by molar-refractivity contribution is 7.15. The predicted molar refractivity (Wildman–Crippen MR) is 114 cm³/mol. The minimum Gasteiger partial charge on any atom is -0.309 e. The molecular weight excluding hydrogens is 390 g/mol. The number of rotatable bonds is 3. The molecule has 0 N–H and O–H groups in total. The monoisotopic (exact) mass is 407 g/mol. The number of imidazole rings is 1. The van der Waals surface area contributed by atoms with Crippen LogP contribution in [0.15, 0.2) is 60.1 Å². The van der Waals surface area contributed by atoms with Crippen LogP contribution in [0.25, 0.3) is 16.2 Å². The van der Waals surface area contributed by atoms with Gasteiger partial charge in [0.2, 0.25) is 5.91 Å². The van der Waals surface area contributed by atoms with Gasteiger partial charge < -0.3 is 4.90 Å². The van der Waals surface area contributed by atoms with Gasteiger partial charge in [0, 0.05) is 39.6 Å². The number of hydrogen-bond donors (Lipinski definition) is 0. The average Bonchev–Trinajstić information content (AvgIpc) is 3.35. The fourth-order valence-corrected chi connectivity index (χ4v) is 4.90. The van der Waals surface area contributed by atoms with Gasteiger partial charge in [-0.1, -0.05) is 41.9 Å². The number of anilines is 1. The SMILES string of the molecule is C[C@H]1Cc2ccccc2N1C(=O)Cc1csc2nc(-c3ccc(Cl)cc3)cn12. The van der Waals surface area contributed by atoms with Crippen molar-refractivity contribution in [3.05, 3.63) is 76.4 Å². The van der Waals surface area contributed by atoms with Gasteiger partial charge in [-0.25, -0.2) is 4.98 Å². The smallest absolute Gasteiger partial charge is 0.233 e. The van der Waals surface area contributed by atoms with Crippen LogP contribution in [0.1, 0.15) is 18.2 Å². The van der Waals surface area contributed by atoms with Crippen molar-refractivity contribution in [3.8, 4) is 11.3 Å². The highest BCUT2D eigenvalue weighted by Crippen LogP contribution is 2.33. The summed E-state index contributed by atoms with van der Waals surface area (Å²) in [6.45, 7) is 2.11. The van der Waals surface area contributed by atoms with Crippen molar-refractivity contribution in [3.63, 3.8) is 0 Å². The van der Waals surface area contributed by atoms with Crippen LogP contribution in [0.2, 0.25) is 5.02 Å². The van der Waals surface area contributed by atoms with Crippen LogP contribution in [-0.4, -0.2) is 21.3 Å². The molecule has 2 aromatic carbocycles. The number of para-hydroxylation sites is 1. The van der Waals surface area contributed by atoms with E-state index in [-0.39, 0.29) is 11.9 Å². The number of fused-ring (bicyclic) bond motifs is 2. The maximum Gasteiger partial charge on any atom is 0.233 e. The standard InChI is InChI=1S/C22H18ClN3OS/c1-14-10-16-4-2-3-5-20(16)26(14)21(27)11-18-13-28-22-24-19(12-25(18)22)15-6-8-17(23)9-7-15/h2-9,12-14H,10-11H2,1H3/t14-/m0/s1. The molecule has 0 fully saturated rings. The number of carbonyl (C=O) groups is 1. The Morgan fingerprint density at radius 1 is 1.21 bits per heavy atom. The van der Waals surface area contributed by atoms with E-state index in [4.69, 9.17) is 16.6 Å². The van der Waals surface area contributed by atoms with Crippen LogP contribution in [0, 0.1) is 0 Å². The predicted octanol–water partition coefficient (Wildman–Crippen LogP) is 5.24. The molecule has 140 valence electrons. The first-order valence-electron chi connectivity index (χ1n) is 9.21. The molecule has 28 heavy (non-hydrogen) atoms. The van der Waals surface area contributed by atoms with E-state index in [0.717, 1.165) is 34.0 Å². The van der Waals surface area contributed by atoms with E-state index in [1.807, 2.05) is 63.3 Å². The maximum absolute atomic E-state index is 13.1. The van der Waals surface area contributed by atoms with Gasteiger partial charge in [0.25, 0.3) is 0 Å². The lowest BCUT2D eigenvalue weighted by atomic mass is 10.1. The number of halogens is 1. The van der Waals surface area contributed by atoms with E-state index in [1.54, 1.807) is 11.3 Å². The van der Waals surface area contributed by atoms with Crippen LogP contribution in [0.5, 0.6) is 0 Å². The molecular formula is C22H18ClN3OS. The second kappa shape index (κ2) is 6.76. The summed E-state index contributed by atoms with van der Waals surface area (Å²) in [7, 11) is 0. The normalized spacial score (nSPS) is 15.9. The van der Waals surface area contributed by atoms with Crippen molar-refractivity contribution in [1.29, 1.82) is 0 Å². The van der Waals surface area contributed by atoms with Crippen LogP contribution in [0.3, 0.4) is 0 Å². The zero-order chi connectivity index (χ0) is 19.3. The second-order valence-corrected chi connectivity index (χ2v) is 8.41. The maximum atomic E-state index is 13.1. The van der Waals surface area contributed by atoms with Gasteiger partial charge in [0.15, 0.2) is 4.96 Å². The molecule has 0 unspecified atom stereocenters. The molecule has 2 aromatic heterocycles. The van der Waals surface area contributed by atoms with Crippen LogP contribution >= 0.6 is 22.9 Å². The summed E-state index contributed by atoms with van der Waals surface area (Å²) in [4.78, 5) is 20.7. The first-order chi connectivity index (χ1) is 13.6. The summed E-state index contributed by atoms with van der Waals surface area (Å²) in [5, 5.41) is 2.73. The van der Waals surface area contributed by atoms with E-state index in [2.05, 4.69) is 13.0 Å². The molecule has 6 heteroatoms. The first kappa shape index (κ1) is 17.5. The number of thiazole rings is 1. The van der Waals surface area contributed by atoms with Gasteiger partial charge in [-0.15, -0.1) is 11.3 Å². The quantitative estimate of drug-likeness (QED) is 0.466. The number of amides is 1. The summed E-state index contributed by atoms with van der Waals surface area (Å²) in [6, 6.07) is 16.0. The molecule has 4 aromatic rings. The molecule has 0 saturated carbocycles. The summed E-state index contributed by atoms with van der Waals surface area (Å²) >= 11 is 7.54. The molecule has 3 heterocycles. The molecule has 4 nitrogen and oxygen atoms in total. The Kier molecular flexibility index (Phi) is 4.22. The van der Waals surface area contributed by atoms with Crippen LogP contribution < -0.4 is 4.90 Å². The van der Waals surface area contributed by atoms with E-state index in [1.165, 1.54) is 5.56 Å². The van der Waals surface area contributed by atoms with E-state index in [0.29, 0.717) is 11.4 Å². The fraction of sp³-hybridized carbons (Fsp3) is 0.182. The molecule has 1 atom stereocenters. The third-order valence-corrected chi connectivity index (χ3v) is 6.37. The van der Waals surface area contributed by atoms with Crippen molar-refractivity contribution in [1.82, 2.24) is 9.38 Å². The summed E-state index contributed by atoms with van der Waals surface area (Å²) < 4.78 is 2.03. The van der Waals surface area contributed by atoms with Gasteiger partial charge in [-0.2, -0.15) is 0 Å². The molecule has 1 aliphatic heterocycles. The first-order valence-corrected chi connectivity index (χ1v) is 10.5. The highest BCUT2D eigenvalue weighted by Gasteiger charge is 2.30. The van der Waals surface area contributed by atoms with Crippen molar-refractivity contribution in [2.45, 2.75) is 25.8 Å². The van der Waals surface area contributed by atoms with E-state index < -0.39 is 0 Å². The van der Waals surface area contributed by atoms with E-state index >= 15 is 0 Å². The Bertz CT molecular complexity index is 1180. The number of nitrogens with zero attached hydrogens (tertiary/aromatic N) is 3.